The fourth-order valence-electron chi connectivity index (χ4n) is 2.75. The van der Waals surface area contributed by atoms with Crippen molar-refractivity contribution in [3.63, 3.8) is 0 Å². The maximum absolute atomic E-state index is 12.6. The smallest absolute Gasteiger partial charge is 0.471 e. The third-order valence-electron chi connectivity index (χ3n) is 4.31. The van der Waals surface area contributed by atoms with E-state index < -0.39 is 12.1 Å². The van der Waals surface area contributed by atoms with Crippen LogP contribution in [0.2, 0.25) is 0 Å². The van der Waals surface area contributed by atoms with Gasteiger partial charge in [0.05, 0.1) is 23.4 Å². The number of benzene rings is 1. The Morgan fingerprint density at radius 3 is 2.73 bits per heavy atom. The maximum Gasteiger partial charge on any atom is 0.471 e. The monoisotopic (exact) mass is 435 g/mol. The summed E-state index contributed by atoms with van der Waals surface area (Å²) in [5, 5.41) is 4.81. The minimum atomic E-state index is -4.98. The number of halogens is 3. The first kappa shape index (κ1) is 20.1. The number of methoxy groups -OCH3 is 1. The molecule has 2 heterocycles. The fraction of sp³-hybridized carbons (Fsp3) is 0.263. The molecule has 1 fully saturated rings. The van der Waals surface area contributed by atoms with E-state index in [9.17, 15) is 18.0 Å². The second-order valence-corrected chi connectivity index (χ2v) is 7.58. The zero-order chi connectivity index (χ0) is 21.3. The lowest BCUT2D eigenvalue weighted by atomic mass is 10.2. The van der Waals surface area contributed by atoms with Crippen LogP contribution in [0.5, 0.6) is 5.75 Å². The molecule has 11 heteroatoms. The number of hydrogen-bond donors (Lipinski definition) is 2. The Bertz CT molecular complexity index is 1080. The predicted molar refractivity (Wildman–Crippen MR) is 106 cm³/mol. The molecule has 2 aromatic heterocycles. The molecular weight excluding hydrogens is 419 g/mol. The number of aromatic nitrogens is 3. The molecule has 0 spiro atoms. The average Bonchev–Trinajstić information content (AvgIpc) is 3.48. The number of ether oxygens (including phenoxy) is 1. The van der Waals surface area contributed by atoms with Gasteiger partial charge in [0.15, 0.2) is 5.13 Å². The van der Waals surface area contributed by atoms with Crippen LogP contribution in [0.25, 0.3) is 10.6 Å². The number of anilines is 3. The van der Waals surface area contributed by atoms with Gasteiger partial charge in [0.2, 0.25) is 5.95 Å². The summed E-state index contributed by atoms with van der Waals surface area (Å²) in [6.45, 7) is 0. The summed E-state index contributed by atoms with van der Waals surface area (Å²) in [5.41, 5.74) is 1.88. The van der Waals surface area contributed by atoms with Crippen molar-refractivity contribution in [1.82, 2.24) is 15.0 Å². The van der Waals surface area contributed by atoms with E-state index in [1.807, 2.05) is 17.4 Å². The molecule has 0 saturated heterocycles. The molecule has 1 amide bonds. The topological polar surface area (TPSA) is 89.0 Å². The highest BCUT2D eigenvalue weighted by Crippen LogP contribution is 2.47. The van der Waals surface area contributed by atoms with E-state index in [0.717, 1.165) is 29.9 Å². The van der Waals surface area contributed by atoms with Crippen molar-refractivity contribution in [1.29, 1.82) is 0 Å². The molecule has 1 aliphatic rings. The van der Waals surface area contributed by atoms with Crippen LogP contribution in [0.15, 0.2) is 36.5 Å². The van der Waals surface area contributed by atoms with E-state index in [-0.39, 0.29) is 11.0 Å². The summed E-state index contributed by atoms with van der Waals surface area (Å²) in [6, 6.07) is 8.88. The van der Waals surface area contributed by atoms with Crippen molar-refractivity contribution >= 4 is 34.0 Å². The Labute approximate surface area is 173 Å². The first-order chi connectivity index (χ1) is 14.3. The Morgan fingerprint density at radius 1 is 1.23 bits per heavy atom. The summed E-state index contributed by atoms with van der Waals surface area (Å²) in [6.07, 6.45) is -1.64. The Hall–Kier alpha value is -3.21. The molecule has 0 bridgehead atoms. The molecule has 1 aliphatic carbocycles. The number of nitrogens with zero attached hydrogens (tertiary/aromatic N) is 3. The summed E-state index contributed by atoms with van der Waals surface area (Å²) in [7, 11) is 1.56. The van der Waals surface area contributed by atoms with Crippen LogP contribution < -0.4 is 15.4 Å². The van der Waals surface area contributed by atoms with Crippen molar-refractivity contribution in [3.8, 4) is 16.3 Å². The maximum atomic E-state index is 12.6. The number of thiazole rings is 1. The second-order valence-electron chi connectivity index (χ2n) is 6.58. The molecular formula is C19H16F3N5O2S. The number of hydrogen-bond acceptors (Lipinski definition) is 7. The van der Waals surface area contributed by atoms with Crippen LogP contribution in [0.3, 0.4) is 0 Å². The zero-order valence-corrected chi connectivity index (χ0v) is 16.5. The molecule has 2 N–H and O–H groups in total. The van der Waals surface area contributed by atoms with E-state index in [1.54, 1.807) is 31.5 Å². The minimum Gasteiger partial charge on any atom is -0.497 e. The molecule has 4 rings (SSSR count). The highest BCUT2D eigenvalue weighted by molar-refractivity contribution is 7.19. The van der Waals surface area contributed by atoms with Gasteiger partial charge in [-0.25, -0.2) is 15.0 Å². The lowest BCUT2D eigenvalue weighted by molar-refractivity contribution is -0.167. The lowest BCUT2D eigenvalue weighted by Gasteiger charge is -2.08. The first-order valence-electron chi connectivity index (χ1n) is 8.97. The minimum absolute atomic E-state index is 0.102. The molecule has 3 aromatic rings. The second kappa shape index (κ2) is 7.90. The van der Waals surface area contributed by atoms with Crippen LogP contribution in [-0.2, 0) is 4.79 Å². The predicted octanol–water partition coefficient (Wildman–Crippen LogP) is 4.73. The van der Waals surface area contributed by atoms with Gasteiger partial charge in [0.1, 0.15) is 5.75 Å². The Morgan fingerprint density at radius 2 is 2.03 bits per heavy atom. The third kappa shape index (κ3) is 4.51. The van der Waals surface area contributed by atoms with Gasteiger partial charge in [0, 0.05) is 23.9 Å². The van der Waals surface area contributed by atoms with Gasteiger partial charge in [-0.2, -0.15) is 13.2 Å². The van der Waals surface area contributed by atoms with Gasteiger partial charge in [-0.15, -0.1) is 0 Å². The number of rotatable bonds is 6. The van der Waals surface area contributed by atoms with Crippen LogP contribution in [-0.4, -0.2) is 34.1 Å². The molecule has 0 unspecified atom stereocenters. The van der Waals surface area contributed by atoms with Gasteiger partial charge in [-0.05, 0) is 31.0 Å². The Balaban J connectivity index is 1.62. The zero-order valence-electron chi connectivity index (χ0n) is 15.7. The number of amides is 1. The Kier molecular flexibility index (Phi) is 5.29. The van der Waals surface area contributed by atoms with Gasteiger partial charge in [-0.1, -0.05) is 17.4 Å². The van der Waals surface area contributed by atoms with E-state index in [1.165, 1.54) is 0 Å². The summed E-state index contributed by atoms with van der Waals surface area (Å²) < 4.78 is 42.9. The van der Waals surface area contributed by atoms with Gasteiger partial charge >= 0.3 is 12.1 Å². The summed E-state index contributed by atoms with van der Waals surface area (Å²) in [5.74, 6) is -0.915. The normalized spacial score (nSPS) is 13.7. The van der Waals surface area contributed by atoms with E-state index in [2.05, 4.69) is 20.3 Å². The SMILES string of the molecule is COc1cccc(Nc2nccc(-c3sc(NC(=O)C(F)(F)F)nc3C3CC3)n2)c1. The highest BCUT2D eigenvalue weighted by Gasteiger charge is 2.40. The molecule has 0 atom stereocenters. The van der Waals surface area contributed by atoms with Gasteiger partial charge < -0.3 is 10.1 Å². The molecule has 1 saturated carbocycles. The molecule has 30 heavy (non-hydrogen) atoms. The molecule has 156 valence electrons. The average molecular weight is 435 g/mol. The molecule has 0 aliphatic heterocycles. The largest absolute Gasteiger partial charge is 0.497 e. The van der Waals surface area contributed by atoms with Crippen LogP contribution in [0.1, 0.15) is 24.5 Å². The van der Waals surface area contributed by atoms with Crippen molar-refractivity contribution in [2.45, 2.75) is 24.9 Å². The first-order valence-corrected chi connectivity index (χ1v) is 9.78. The third-order valence-corrected chi connectivity index (χ3v) is 5.32. The van der Waals surface area contributed by atoms with Crippen molar-refractivity contribution in [3.05, 3.63) is 42.2 Å². The number of carbonyl (C=O) groups excluding carboxylic acids is 1. The van der Waals surface area contributed by atoms with E-state index >= 15 is 0 Å². The van der Waals surface area contributed by atoms with Crippen LogP contribution >= 0.6 is 11.3 Å². The van der Waals surface area contributed by atoms with Gasteiger partial charge in [0.25, 0.3) is 0 Å². The van der Waals surface area contributed by atoms with E-state index in [4.69, 9.17) is 4.74 Å². The quantitative estimate of drug-likeness (QED) is 0.582. The highest BCUT2D eigenvalue weighted by atomic mass is 32.1. The number of nitrogens with one attached hydrogen (secondary N) is 2. The van der Waals surface area contributed by atoms with Crippen molar-refractivity contribution in [2.75, 3.05) is 17.7 Å². The van der Waals surface area contributed by atoms with Crippen molar-refractivity contribution in [2.24, 2.45) is 0 Å². The van der Waals surface area contributed by atoms with Gasteiger partial charge in [-0.3, -0.25) is 10.1 Å². The molecule has 1 aromatic carbocycles. The fourth-order valence-corrected chi connectivity index (χ4v) is 3.76. The molecule has 7 nitrogen and oxygen atoms in total. The summed E-state index contributed by atoms with van der Waals surface area (Å²) in [4.78, 5) is 24.8. The van der Waals surface area contributed by atoms with Crippen LogP contribution in [0, 0.1) is 0 Å². The van der Waals surface area contributed by atoms with E-state index in [0.29, 0.717) is 28.0 Å². The molecule has 0 radical (unpaired) electrons. The standard InChI is InChI=1S/C19H16F3N5O2S/c1-29-12-4-2-3-11(9-12)24-17-23-8-7-13(25-17)15-14(10-5-6-10)26-18(30-15)27-16(28)19(20,21)22/h2-4,7-10H,5-6H2,1H3,(H,23,24,25)(H,26,27,28). The van der Waals surface area contributed by atoms with Crippen LogP contribution in [0.4, 0.5) is 29.9 Å². The number of carbonyl (C=O) groups is 1. The van der Waals surface area contributed by atoms with Crippen molar-refractivity contribution < 1.29 is 22.7 Å². The lowest BCUT2D eigenvalue weighted by Crippen LogP contribution is -2.29. The summed E-state index contributed by atoms with van der Waals surface area (Å²) >= 11 is 0.965. The number of alkyl halides is 3.